The van der Waals surface area contributed by atoms with Crippen molar-refractivity contribution >= 4 is 28.3 Å². The van der Waals surface area contributed by atoms with E-state index >= 15 is 0 Å². The van der Waals surface area contributed by atoms with Gasteiger partial charge in [-0.1, -0.05) is 11.6 Å². The number of hydrogen-bond donors (Lipinski definition) is 1. The number of hydrogen-bond acceptors (Lipinski definition) is 4. The number of nitrogens with zero attached hydrogens (tertiary/aromatic N) is 3. The van der Waals surface area contributed by atoms with Crippen molar-refractivity contribution in [2.45, 2.75) is 13.8 Å². The summed E-state index contributed by atoms with van der Waals surface area (Å²) in [6.07, 6.45) is 0. The van der Waals surface area contributed by atoms with Crippen molar-refractivity contribution < 1.29 is 4.79 Å². The Hall–Kier alpha value is -3.45. The molecule has 2 heterocycles. The Morgan fingerprint density at radius 2 is 1.72 bits per heavy atom. The number of halogens is 1. The summed E-state index contributed by atoms with van der Waals surface area (Å²) in [5.41, 5.74) is 1.18. The molecule has 0 saturated carbocycles. The fraction of sp³-hybridized carbons (Fsp3) is 0.143. The molecule has 0 aliphatic carbocycles. The van der Waals surface area contributed by atoms with Gasteiger partial charge in [0, 0.05) is 23.3 Å². The number of aromatic amines is 1. The Balaban J connectivity index is 1.92. The van der Waals surface area contributed by atoms with Crippen LogP contribution in [0.15, 0.2) is 52.1 Å². The zero-order valence-corrected chi connectivity index (χ0v) is 16.7. The Kier molecular flexibility index (Phi) is 4.47. The summed E-state index contributed by atoms with van der Waals surface area (Å²) >= 11 is 5.94. The lowest BCUT2D eigenvalue weighted by atomic mass is 10.0. The predicted molar refractivity (Wildman–Crippen MR) is 111 cm³/mol. The third-order valence-corrected chi connectivity index (χ3v) is 5.09. The van der Waals surface area contributed by atoms with E-state index in [0.29, 0.717) is 33.1 Å². The van der Waals surface area contributed by atoms with Crippen LogP contribution >= 0.6 is 11.6 Å². The van der Waals surface area contributed by atoms with Gasteiger partial charge in [-0.2, -0.15) is 0 Å². The third kappa shape index (κ3) is 3.09. The van der Waals surface area contributed by atoms with E-state index in [1.54, 1.807) is 57.3 Å². The highest BCUT2D eigenvalue weighted by Gasteiger charge is 2.20. The molecule has 146 valence electrons. The molecule has 0 radical (unpaired) electrons. The molecule has 0 fully saturated rings. The zero-order chi connectivity index (χ0) is 20.9. The summed E-state index contributed by atoms with van der Waals surface area (Å²) < 4.78 is 2.72. The van der Waals surface area contributed by atoms with Crippen LogP contribution in [-0.4, -0.2) is 25.1 Å². The van der Waals surface area contributed by atoms with Gasteiger partial charge in [0.1, 0.15) is 11.4 Å². The van der Waals surface area contributed by atoms with Crippen LogP contribution in [0, 0.1) is 13.8 Å². The highest BCUT2D eigenvalue weighted by Crippen LogP contribution is 2.18. The van der Waals surface area contributed by atoms with Crippen LogP contribution in [0.25, 0.3) is 16.6 Å². The molecule has 0 aliphatic rings. The van der Waals surface area contributed by atoms with Crippen LogP contribution in [0.2, 0.25) is 5.02 Å². The number of benzene rings is 2. The van der Waals surface area contributed by atoms with Crippen LogP contribution in [0.3, 0.4) is 0 Å². The van der Waals surface area contributed by atoms with Gasteiger partial charge >= 0.3 is 0 Å². The quantitative estimate of drug-likeness (QED) is 0.528. The second-order valence-electron chi connectivity index (χ2n) is 6.81. The molecule has 2 aromatic carbocycles. The van der Waals surface area contributed by atoms with Gasteiger partial charge in [0.05, 0.1) is 16.6 Å². The van der Waals surface area contributed by atoms with Crippen LogP contribution in [0.1, 0.15) is 27.4 Å². The van der Waals surface area contributed by atoms with Gasteiger partial charge < -0.3 is 0 Å². The van der Waals surface area contributed by atoms with Crippen molar-refractivity contribution in [3.8, 4) is 5.69 Å². The first-order valence-electron chi connectivity index (χ1n) is 8.87. The van der Waals surface area contributed by atoms with E-state index in [9.17, 15) is 14.4 Å². The van der Waals surface area contributed by atoms with Gasteiger partial charge in [0.2, 0.25) is 0 Å². The minimum Gasteiger partial charge on any atom is -0.299 e. The molecule has 0 aliphatic heterocycles. The summed E-state index contributed by atoms with van der Waals surface area (Å²) in [6.45, 7) is 3.40. The van der Waals surface area contributed by atoms with E-state index < -0.39 is 11.3 Å². The van der Waals surface area contributed by atoms with E-state index in [1.165, 1.54) is 15.3 Å². The van der Waals surface area contributed by atoms with Crippen molar-refractivity contribution in [3.63, 3.8) is 0 Å². The number of ketones is 1. The lowest BCUT2D eigenvalue weighted by Crippen LogP contribution is -2.23. The molecular weight excluding hydrogens is 392 g/mol. The lowest BCUT2D eigenvalue weighted by molar-refractivity contribution is 0.103. The lowest BCUT2D eigenvalue weighted by Gasteiger charge is -2.11. The van der Waals surface area contributed by atoms with Gasteiger partial charge in [-0.05, 0) is 56.3 Å². The average Bonchev–Trinajstić information content (AvgIpc) is 2.94. The van der Waals surface area contributed by atoms with Gasteiger partial charge in [0.25, 0.3) is 11.1 Å². The maximum Gasteiger partial charge on any atom is 0.277 e. The molecule has 4 rings (SSSR count). The summed E-state index contributed by atoms with van der Waals surface area (Å²) in [7, 11) is 1.55. The largest absolute Gasteiger partial charge is 0.299 e. The molecule has 0 unspecified atom stereocenters. The van der Waals surface area contributed by atoms with Gasteiger partial charge in [-0.25, -0.2) is 4.98 Å². The number of nitrogens with one attached hydrogen (secondary N) is 1. The normalized spacial score (nSPS) is 11.2. The minimum atomic E-state index is -0.440. The summed E-state index contributed by atoms with van der Waals surface area (Å²) in [4.78, 5) is 42.9. The maximum absolute atomic E-state index is 13.2. The molecule has 0 atom stereocenters. The van der Waals surface area contributed by atoms with Crippen LogP contribution in [-0.2, 0) is 7.05 Å². The first-order valence-corrected chi connectivity index (χ1v) is 9.25. The Labute approximate surface area is 170 Å². The van der Waals surface area contributed by atoms with E-state index in [0.717, 1.165) is 0 Å². The first-order chi connectivity index (χ1) is 13.8. The Morgan fingerprint density at radius 1 is 1.03 bits per heavy atom. The molecule has 7 nitrogen and oxygen atoms in total. The topological polar surface area (TPSA) is 89.8 Å². The molecule has 0 saturated heterocycles. The van der Waals surface area contributed by atoms with Crippen molar-refractivity contribution in [2.75, 3.05) is 0 Å². The second-order valence-corrected chi connectivity index (χ2v) is 7.25. The Bertz CT molecular complexity index is 1390. The summed E-state index contributed by atoms with van der Waals surface area (Å²) in [5, 5.41) is 3.66. The van der Waals surface area contributed by atoms with Crippen LogP contribution in [0.4, 0.5) is 0 Å². The number of fused-ring (bicyclic) bond motifs is 1. The van der Waals surface area contributed by atoms with Crippen molar-refractivity contribution in [2.24, 2.45) is 7.05 Å². The fourth-order valence-electron chi connectivity index (χ4n) is 3.43. The Morgan fingerprint density at radius 3 is 2.34 bits per heavy atom. The number of H-pyrrole nitrogens is 1. The zero-order valence-electron chi connectivity index (χ0n) is 16.0. The fourth-order valence-corrected chi connectivity index (χ4v) is 3.56. The van der Waals surface area contributed by atoms with Crippen molar-refractivity contribution in [3.05, 3.63) is 90.8 Å². The minimum absolute atomic E-state index is 0.0601. The van der Waals surface area contributed by atoms with Gasteiger partial charge in [-0.3, -0.25) is 28.7 Å². The smallest absolute Gasteiger partial charge is 0.277 e. The highest BCUT2D eigenvalue weighted by molar-refractivity contribution is 6.30. The molecule has 0 amide bonds. The van der Waals surface area contributed by atoms with Crippen LogP contribution in [0.5, 0.6) is 0 Å². The number of rotatable bonds is 3. The molecule has 0 bridgehead atoms. The molecule has 8 heteroatoms. The molecule has 29 heavy (non-hydrogen) atoms. The molecule has 4 aromatic rings. The van der Waals surface area contributed by atoms with Crippen molar-refractivity contribution in [1.82, 2.24) is 19.3 Å². The van der Waals surface area contributed by atoms with Crippen LogP contribution < -0.4 is 11.1 Å². The number of carbonyl (C=O) groups excluding carboxylic acids is 1. The van der Waals surface area contributed by atoms with Gasteiger partial charge in [0.15, 0.2) is 5.78 Å². The number of aryl methyl sites for hydroxylation is 3. The van der Waals surface area contributed by atoms with E-state index in [4.69, 9.17) is 11.6 Å². The molecule has 1 N–H and O–H groups in total. The maximum atomic E-state index is 13.2. The third-order valence-electron chi connectivity index (χ3n) is 4.84. The monoisotopic (exact) mass is 408 g/mol. The highest BCUT2D eigenvalue weighted by atomic mass is 35.5. The van der Waals surface area contributed by atoms with E-state index in [-0.39, 0.29) is 16.7 Å². The van der Waals surface area contributed by atoms with E-state index in [2.05, 4.69) is 10.1 Å². The second kappa shape index (κ2) is 6.86. The van der Waals surface area contributed by atoms with E-state index in [1.807, 2.05) is 0 Å². The summed E-state index contributed by atoms with van der Waals surface area (Å²) in [6, 6.07) is 11.5. The molecule has 0 spiro atoms. The standard InChI is InChI=1S/C21H17ClN4O3/c1-11-18(21(29)25(3)24-11)19(27)13-4-9-17-16(10-13)20(28)26(12(2)23-17)15-7-5-14(22)6-8-15/h4-10,24H,1-3H3. The first kappa shape index (κ1) is 18.9. The average molecular weight is 409 g/mol. The van der Waals surface area contributed by atoms with Gasteiger partial charge in [-0.15, -0.1) is 0 Å². The molecular formula is C21H17ClN4O3. The number of aromatic nitrogens is 4. The van der Waals surface area contributed by atoms with Crippen molar-refractivity contribution in [1.29, 1.82) is 0 Å². The molecule has 2 aromatic heterocycles. The number of carbonyl (C=O) groups is 1. The summed E-state index contributed by atoms with van der Waals surface area (Å²) in [5.74, 6) is 0.0727. The predicted octanol–water partition coefficient (Wildman–Crippen LogP) is 2.91. The SMILES string of the molecule is Cc1[nH]n(C)c(=O)c1C(=O)c1ccc2nc(C)n(-c3ccc(Cl)cc3)c(=O)c2c1.